The first-order valence-electron chi connectivity index (χ1n) is 8.80. The second-order valence-electron chi connectivity index (χ2n) is 6.13. The van der Waals surface area contributed by atoms with Gasteiger partial charge < -0.3 is 19.7 Å². The molecule has 6 nitrogen and oxygen atoms in total. The van der Waals surface area contributed by atoms with E-state index in [4.69, 9.17) is 9.47 Å². The van der Waals surface area contributed by atoms with E-state index >= 15 is 0 Å². The Morgan fingerprint density at radius 1 is 1.04 bits per heavy atom. The Morgan fingerprint density at radius 3 is 2.52 bits per heavy atom. The van der Waals surface area contributed by atoms with Gasteiger partial charge in [0.15, 0.2) is 0 Å². The quantitative estimate of drug-likeness (QED) is 0.736. The summed E-state index contributed by atoms with van der Waals surface area (Å²) in [5.74, 6) is 1.16. The minimum absolute atomic E-state index is 0.0223. The van der Waals surface area contributed by atoms with Crippen LogP contribution in [-0.2, 0) is 22.6 Å². The molecule has 6 heteroatoms. The largest absolute Gasteiger partial charge is 0.497 e. The second kappa shape index (κ2) is 10.2. The highest BCUT2D eigenvalue weighted by Gasteiger charge is 2.14. The average molecular weight is 370 g/mol. The molecule has 0 spiro atoms. The van der Waals surface area contributed by atoms with E-state index < -0.39 is 0 Å². The van der Waals surface area contributed by atoms with Crippen molar-refractivity contribution < 1.29 is 19.1 Å². The summed E-state index contributed by atoms with van der Waals surface area (Å²) < 4.78 is 10.5. The zero-order chi connectivity index (χ0) is 19.6. The number of ether oxygens (including phenoxy) is 2. The van der Waals surface area contributed by atoms with Crippen molar-refractivity contribution in [1.29, 1.82) is 0 Å². The number of hydrogen-bond acceptors (Lipinski definition) is 4. The van der Waals surface area contributed by atoms with Crippen molar-refractivity contribution >= 4 is 11.8 Å². The van der Waals surface area contributed by atoms with Crippen molar-refractivity contribution in [2.24, 2.45) is 0 Å². The van der Waals surface area contributed by atoms with Crippen molar-refractivity contribution in [2.45, 2.75) is 19.9 Å². The van der Waals surface area contributed by atoms with E-state index in [0.717, 1.165) is 22.6 Å². The van der Waals surface area contributed by atoms with Crippen LogP contribution in [0.15, 0.2) is 48.5 Å². The Bertz CT molecular complexity index is 776. The minimum atomic E-state index is -0.207. The van der Waals surface area contributed by atoms with E-state index in [0.29, 0.717) is 19.5 Å². The third-order valence-corrected chi connectivity index (χ3v) is 4.25. The predicted octanol–water partition coefficient (Wildman–Crippen LogP) is 2.41. The van der Waals surface area contributed by atoms with Gasteiger partial charge in [0, 0.05) is 25.6 Å². The number of para-hydroxylation sites is 1. The smallest absolute Gasteiger partial charge is 0.239 e. The van der Waals surface area contributed by atoms with Gasteiger partial charge in [0.1, 0.15) is 11.5 Å². The second-order valence-corrected chi connectivity index (χ2v) is 6.13. The van der Waals surface area contributed by atoms with E-state index in [9.17, 15) is 9.59 Å². The maximum Gasteiger partial charge on any atom is 0.239 e. The van der Waals surface area contributed by atoms with Crippen molar-refractivity contribution in [3.63, 3.8) is 0 Å². The van der Waals surface area contributed by atoms with Gasteiger partial charge in [-0.1, -0.05) is 30.3 Å². The van der Waals surface area contributed by atoms with Gasteiger partial charge in [-0.3, -0.25) is 9.59 Å². The van der Waals surface area contributed by atoms with Gasteiger partial charge in [0.2, 0.25) is 11.8 Å². The van der Waals surface area contributed by atoms with Gasteiger partial charge in [-0.05, 0) is 30.2 Å². The summed E-state index contributed by atoms with van der Waals surface area (Å²) in [6, 6.07) is 15.2. The Balaban J connectivity index is 1.89. The maximum atomic E-state index is 12.3. The number of benzene rings is 2. The molecule has 27 heavy (non-hydrogen) atoms. The number of rotatable bonds is 9. The molecule has 0 aromatic heterocycles. The highest BCUT2D eigenvalue weighted by atomic mass is 16.5. The van der Waals surface area contributed by atoms with Crippen LogP contribution in [0.2, 0.25) is 0 Å². The number of carbonyl (C=O) groups is 2. The molecule has 0 fully saturated rings. The fraction of sp³-hybridized carbons (Fsp3) is 0.333. The zero-order valence-electron chi connectivity index (χ0n) is 16.0. The summed E-state index contributed by atoms with van der Waals surface area (Å²) in [4.78, 5) is 25.7. The van der Waals surface area contributed by atoms with Crippen LogP contribution in [0.3, 0.4) is 0 Å². The van der Waals surface area contributed by atoms with Gasteiger partial charge in [0.25, 0.3) is 0 Å². The molecule has 2 aromatic carbocycles. The molecule has 0 aliphatic rings. The Labute approximate surface area is 160 Å². The molecule has 0 aliphatic heterocycles. The lowest BCUT2D eigenvalue weighted by Crippen LogP contribution is -2.40. The predicted molar refractivity (Wildman–Crippen MR) is 104 cm³/mol. The Hall–Kier alpha value is -3.02. The summed E-state index contributed by atoms with van der Waals surface area (Å²) in [6.07, 6.45) is 0.649. The van der Waals surface area contributed by atoms with Gasteiger partial charge >= 0.3 is 0 Å². The first-order chi connectivity index (χ1) is 13.0. The number of nitrogens with zero attached hydrogens (tertiary/aromatic N) is 1. The fourth-order valence-corrected chi connectivity index (χ4v) is 2.71. The number of amides is 2. The summed E-state index contributed by atoms with van der Waals surface area (Å²) >= 11 is 0. The number of carbonyl (C=O) groups excluding carboxylic acids is 2. The van der Waals surface area contributed by atoms with Crippen molar-refractivity contribution in [3.05, 3.63) is 59.7 Å². The Kier molecular flexibility index (Phi) is 7.67. The van der Waals surface area contributed by atoms with Crippen molar-refractivity contribution in [2.75, 3.05) is 27.3 Å². The van der Waals surface area contributed by atoms with E-state index in [-0.39, 0.29) is 18.4 Å². The molecule has 0 aliphatic carbocycles. The Morgan fingerprint density at radius 2 is 1.81 bits per heavy atom. The number of hydrogen-bond donors (Lipinski definition) is 1. The van der Waals surface area contributed by atoms with E-state index in [1.54, 1.807) is 14.2 Å². The molecule has 0 heterocycles. The molecule has 0 unspecified atom stereocenters. The molecular formula is C21H26N2O4. The third kappa shape index (κ3) is 6.33. The highest BCUT2D eigenvalue weighted by Crippen LogP contribution is 2.16. The van der Waals surface area contributed by atoms with Crippen molar-refractivity contribution in [1.82, 2.24) is 10.2 Å². The SMILES string of the molecule is COc1cccc(CCN(CC(=O)NCc2ccccc2OC)C(C)=O)c1. The molecular weight excluding hydrogens is 344 g/mol. The normalized spacial score (nSPS) is 10.2. The van der Waals surface area contributed by atoms with Gasteiger partial charge in [0.05, 0.1) is 20.8 Å². The maximum absolute atomic E-state index is 12.3. The summed E-state index contributed by atoms with van der Waals surface area (Å²) in [6.45, 7) is 2.31. The highest BCUT2D eigenvalue weighted by molar-refractivity contribution is 5.83. The molecule has 144 valence electrons. The number of methoxy groups -OCH3 is 2. The standard InChI is InChI=1S/C21H26N2O4/c1-16(24)23(12-11-17-7-6-9-19(13-17)26-2)15-21(25)22-14-18-8-4-5-10-20(18)27-3/h4-10,13H,11-12,14-15H2,1-3H3,(H,22,25). The van der Waals surface area contributed by atoms with Gasteiger partial charge in [-0.25, -0.2) is 0 Å². The van der Waals surface area contributed by atoms with E-state index in [1.807, 2.05) is 48.5 Å². The lowest BCUT2D eigenvalue weighted by atomic mass is 10.1. The summed E-state index contributed by atoms with van der Waals surface area (Å²) in [7, 11) is 3.21. The molecule has 0 bridgehead atoms. The lowest BCUT2D eigenvalue weighted by Gasteiger charge is -2.21. The first-order valence-corrected chi connectivity index (χ1v) is 8.80. The summed E-state index contributed by atoms with van der Waals surface area (Å²) in [5.41, 5.74) is 1.94. The molecule has 0 atom stereocenters. The lowest BCUT2D eigenvalue weighted by molar-refractivity contribution is -0.134. The van der Waals surface area contributed by atoms with E-state index in [1.165, 1.54) is 11.8 Å². The van der Waals surface area contributed by atoms with Gasteiger partial charge in [-0.15, -0.1) is 0 Å². The molecule has 2 amide bonds. The third-order valence-electron chi connectivity index (χ3n) is 4.25. The molecule has 0 radical (unpaired) electrons. The van der Waals surface area contributed by atoms with Crippen LogP contribution in [0.25, 0.3) is 0 Å². The van der Waals surface area contributed by atoms with Crippen LogP contribution in [0.4, 0.5) is 0 Å². The van der Waals surface area contributed by atoms with Crippen LogP contribution in [0.1, 0.15) is 18.1 Å². The molecule has 0 saturated carbocycles. The average Bonchev–Trinajstić information content (AvgIpc) is 2.69. The fourth-order valence-electron chi connectivity index (χ4n) is 2.71. The zero-order valence-corrected chi connectivity index (χ0v) is 16.0. The topological polar surface area (TPSA) is 67.9 Å². The van der Waals surface area contributed by atoms with E-state index in [2.05, 4.69) is 5.32 Å². The van der Waals surface area contributed by atoms with Crippen molar-refractivity contribution in [3.8, 4) is 11.5 Å². The minimum Gasteiger partial charge on any atom is -0.497 e. The van der Waals surface area contributed by atoms with Crippen LogP contribution in [0.5, 0.6) is 11.5 Å². The van der Waals surface area contributed by atoms with Crippen LogP contribution >= 0.6 is 0 Å². The monoisotopic (exact) mass is 370 g/mol. The molecule has 2 rings (SSSR count). The van der Waals surface area contributed by atoms with Crippen LogP contribution < -0.4 is 14.8 Å². The molecule has 1 N–H and O–H groups in total. The van der Waals surface area contributed by atoms with Crippen LogP contribution in [0, 0.1) is 0 Å². The van der Waals surface area contributed by atoms with Crippen LogP contribution in [-0.4, -0.2) is 44.0 Å². The molecule has 2 aromatic rings. The van der Waals surface area contributed by atoms with Gasteiger partial charge in [-0.2, -0.15) is 0 Å². The molecule has 0 saturated heterocycles. The summed E-state index contributed by atoms with van der Waals surface area (Å²) in [5, 5.41) is 2.84. The first kappa shape index (κ1) is 20.3. The number of nitrogens with one attached hydrogen (secondary N) is 1.